The molecule has 4 heteroatoms. The van der Waals surface area contributed by atoms with Crippen molar-refractivity contribution in [3.63, 3.8) is 0 Å². The summed E-state index contributed by atoms with van der Waals surface area (Å²) >= 11 is 0. The standard InChI is InChI=1S/C12H14F2O2/c1-2-4-8(7-15)12(16)11-9(13)5-3-6-10(11)14/h2-3,5-6,8,12,15-16H,1,4,7H2. The lowest BCUT2D eigenvalue weighted by Crippen LogP contribution is -2.18. The number of aliphatic hydroxyl groups excluding tert-OH is 2. The fourth-order valence-corrected chi connectivity index (χ4v) is 1.55. The molecule has 1 aromatic rings. The number of hydrogen-bond donors (Lipinski definition) is 2. The largest absolute Gasteiger partial charge is 0.396 e. The van der Waals surface area contributed by atoms with Gasteiger partial charge in [-0.1, -0.05) is 12.1 Å². The lowest BCUT2D eigenvalue weighted by molar-refractivity contribution is 0.0629. The van der Waals surface area contributed by atoms with Gasteiger partial charge >= 0.3 is 0 Å². The molecule has 0 aromatic heterocycles. The minimum Gasteiger partial charge on any atom is -0.396 e. The van der Waals surface area contributed by atoms with Gasteiger partial charge < -0.3 is 10.2 Å². The molecule has 0 fully saturated rings. The highest BCUT2D eigenvalue weighted by molar-refractivity contribution is 5.22. The second kappa shape index (κ2) is 5.72. The molecule has 16 heavy (non-hydrogen) atoms. The van der Waals surface area contributed by atoms with Gasteiger partial charge in [0, 0.05) is 12.5 Å². The van der Waals surface area contributed by atoms with E-state index in [9.17, 15) is 13.9 Å². The summed E-state index contributed by atoms with van der Waals surface area (Å²) in [4.78, 5) is 0. The zero-order chi connectivity index (χ0) is 12.1. The summed E-state index contributed by atoms with van der Waals surface area (Å²) in [5, 5.41) is 18.8. The minimum atomic E-state index is -1.37. The second-order valence-electron chi connectivity index (χ2n) is 3.55. The molecule has 0 bridgehead atoms. The first-order valence-corrected chi connectivity index (χ1v) is 4.95. The minimum absolute atomic E-state index is 0.283. The van der Waals surface area contributed by atoms with Crippen molar-refractivity contribution in [2.24, 2.45) is 5.92 Å². The van der Waals surface area contributed by atoms with Gasteiger partial charge in [0.05, 0.1) is 11.7 Å². The Bertz CT molecular complexity index is 346. The van der Waals surface area contributed by atoms with Crippen molar-refractivity contribution in [2.75, 3.05) is 6.61 Å². The van der Waals surface area contributed by atoms with E-state index in [0.29, 0.717) is 0 Å². The molecule has 1 aromatic carbocycles. The highest BCUT2D eigenvalue weighted by atomic mass is 19.1. The Kier molecular flexibility index (Phi) is 4.58. The van der Waals surface area contributed by atoms with E-state index < -0.39 is 29.2 Å². The second-order valence-corrected chi connectivity index (χ2v) is 3.55. The summed E-state index contributed by atoms with van der Waals surface area (Å²) in [6.07, 6.45) is 0.401. The maximum atomic E-state index is 13.3. The van der Waals surface area contributed by atoms with Crippen LogP contribution in [0.1, 0.15) is 18.1 Å². The molecule has 88 valence electrons. The van der Waals surface area contributed by atoms with Gasteiger partial charge in [0.2, 0.25) is 0 Å². The normalized spacial score (nSPS) is 14.5. The number of allylic oxidation sites excluding steroid dienone is 1. The first kappa shape index (κ1) is 12.8. The fraction of sp³-hybridized carbons (Fsp3) is 0.333. The molecule has 0 aliphatic rings. The predicted molar refractivity (Wildman–Crippen MR) is 56.7 cm³/mol. The number of hydrogen-bond acceptors (Lipinski definition) is 2. The number of rotatable bonds is 5. The van der Waals surface area contributed by atoms with Crippen LogP contribution in [-0.4, -0.2) is 16.8 Å². The van der Waals surface area contributed by atoms with Gasteiger partial charge in [-0.2, -0.15) is 0 Å². The first-order valence-electron chi connectivity index (χ1n) is 4.95. The van der Waals surface area contributed by atoms with Crippen LogP contribution in [0.4, 0.5) is 8.78 Å². The molecule has 0 saturated heterocycles. The third-order valence-electron chi connectivity index (χ3n) is 2.45. The number of benzene rings is 1. The molecule has 0 aliphatic heterocycles. The van der Waals surface area contributed by atoms with E-state index >= 15 is 0 Å². The predicted octanol–water partition coefficient (Wildman–Crippen LogP) is 2.18. The summed E-state index contributed by atoms with van der Waals surface area (Å²) in [6, 6.07) is 3.37. The van der Waals surface area contributed by atoms with Crippen LogP contribution in [0.2, 0.25) is 0 Å². The Morgan fingerprint density at radius 1 is 1.31 bits per heavy atom. The molecule has 2 nitrogen and oxygen atoms in total. The Morgan fingerprint density at radius 3 is 2.31 bits per heavy atom. The highest BCUT2D eigenvalue weighted by Crippen LogP contribution is 2.28. The molecular weight excluding hydrogens is 214 g/mol. The molecule has 1 rings (SSSR count). The van der Waals surface area contributed by atoms with E-state index in [0.717, 1.165) is 12.1 Å². The van der Waals surface area contributed by atoms with E-state index in [4.69, 9.17) is 5.11 Å². The van der Waals surface area contributed by atoms with Crippen LogP contribution in [0.15, 0.2) is 30.9 Å². The summed E-state index contributed by atoms with van der Waals surface area (Å²) in [5.41, 5.74) is -0.400. The van der Waals surface area contributed by atoms with E-state index in [1.165, 1.54) is 12.1 Å². The van der Waals surface area contributed by atoms with Crippen molar-refractivity contribution in [2.45, 2.75) is 12.5 Å². The van der Waals surface area contributed by atoms with Gasteiger partial charge in [0.1, 0.15) is 11.6 Å². The molecule has 2 unspecified atom stereocenters. The van der Waals surface area contributed by atoms with Crippen molar-refractivity contribution in [1.82, 2.24) is 0 Å². The van der Waals surface area contributed by atoms with Crippen LogP contribution in [0.5, 0.6) is 0 Å². The molecule has 0 spiro atoms. The average Bonchev–Trinajstić information content (AvgIpc) is 2.25. The van der Waals surface area contributed by atoms with Gasteiger partial charge in [-0.25, -0.2) is 8.78 Å². The van der Waals surface area contributed by atoms with E-state index in [1.807, 2.05) is 0 Å². The van der Waals surface area contributed by atoms with Crippen LogP contribution in [0.25, 0.3) is 0 Å². The Labute approximate surface area is 92.9 Å². The Balaban J connectivity index is 3.02. The van der Waals surface area contributed by atoms with Crippen molar-refractivity contribution >= 4 is 0 Å². The molecule has 0 aliphatic carbocycles. The number of aliphatic hydroxyl groups is 2. The van der Waals surface area contributed by atoms with Crippen LogP contribution in [0, 0.1) is 17.6 Å². The van der Waals surface area contributed by atoms with Crippen LogP contribution in [0.3, 0.4) is 0 Å². The van der Waals surface area contributed by atoms with E-state index in [2.05, 4.69) is 6.58 Å². The highest BCUT2D eigenvalue weighted by Gasteiger charge is 2.24. The lowest BCUT2D eigenvalue weighted by Gasteiger charge is -2.20. The van der Waals surface area contributed by atoms with Crippen molar-refractivity contribution in [3.8, 4) is 0 Å². The van der Waals surface area contributed by atoms with Crippen molar-refractivity contribution in [1.29, 1.82) is 0 Å². The van der Waals surface area contributed by atoms with Crippen LogP contribution in [-0.2, 0) is 0 Å². The topological polar surface area (TPSA) is 40.5 Å². The molecule has 0 radical (unpaired) electrons. The summed E-state index contributed by atoms with van der Waals surface area (Å²) in [7, 11) is 0. The zero-order valence-corrected chi connectivity index (χ0v) is 8.74. The fourth-order valence-electron chi connectivity index (χ4n) is 1.55. The number of halogens is 2. The van der Waals surface area contributed by atoms with Crippen LogP contribution < -0.4 is 0 Å². The molecule has 2 atom stereocenters. The zero-order valence-electron chi connectivity index (χ0n) is 8.74. The lowest BCUT2D eigenvalue weighted by atomic mass is 9.93. The maximum absolute atomic E-state index is 13.3. The maximum Gasteiger partial charge on any atom is 0.131 e. The summed E-state index contributed by atoms with van der Waals surface area (Å²) < 4.78 is 26.7. The van der Waals surface area contributed by atoms with Gasteiger partial charge in [0.15, 0.2) is 0 Å². The summed E-state index contributed by atoms with van der Waals surface area (Å²) in [5.74, 6) is -2.27. The van der Waals surface area contributed by atoms with Gasteiger partial charge in [0.25, 0.3) is 0 Å². The third-order valence-corrected chi connectivity index (χ3v) is 2.45. The molecule has 2 N–H and O–H groups in total. The Morgan fingerprint density at radius 2 is 1.88 bits per heavy atom. The molecule has 0 amide bonds. The smallest absolute Gasteiger partial charge is 0.131 e. The van der Waals surface area contributed by atoms with Gasteiger partial charge in [-0.15, -0.1) is 6.58 Å². The van der Waals surface area contributed by atoms with E-state index in [-0.39, 0.29) is 13.0 Å². The van der Waals surface area contributed by atoms with Crippen molar-refractivity contribution in [3.05, 3.63) is 48.1 Å². The average molecular weight is 228 g/mol. The molecule has 0 saturated carbocycles. The first-order chi connectivity index (χ1) is 7.61. The summed E-state index contributed by atoms with van der Waals surface area (Å²) in [6.45, 7) is 3.10. The Hall–Kier alpha value is -1.26. The molecule has 0 heterocycles. The van der Waals surface area contributed by atoms with Gasteiger partial charge in [-0.3, -0.25) is 0 Å². The van der Waals surface area contributed by atoms with E-state index in [1.54, 1.807) is 0 Å². The molecular formula is C12H14F2O2. The van der Waals surface area contributed by atoms with Crippen molar-refractivity contribution < 1.29 is 19.0 Å². The van der Waals surface area contributed by atoms with Gasteiger partial charge in [-0.05, 0) is 18.6 Å². The monoisotopic (exact) mass is 228 g/mol. The SMILES string of the molecule is C=CCC(CO)C(O)c1c(F)cccc1F. The quantitative estimate of drug-likeness (QED) is 0.758. The van der Waals surface area contributed by atoms with Crippen LogP contribution >= 0.6 is 0 Å². The third kappa shape index (κ3) is 2.65.